The monoisotopic (exact) mass is 292 g/mol. The molecule has 0 radical (unpaired) electrons. The Morgan fingerprint density at radius 1 is 1.29 bits per heavy atom. The second-order valence-corrected chi connectivity index (χ2v) is 6.44. The first-order valence-electron chi connectivity index (χ1n) is 7.56. The number of rotatable bonds is 7. The summed E-state index contributed by atoms with van der Waals surface area (Å²) in [5.74, 6) is 0.426. The minimum Gasteiger partial charge on any atom is -0.389 e. The third kappa shape index (κ3) is 6.74. The molecular weight excluding hydrogens is 264 g/mol. The van der Waals surface area contributed by atoms with Crippen LogP contribution in [0.3, 0.4) is 0 Å². The molecule has 0 saturated heterocycles. The zero-order valence-corrected chi connectivity index (χ0v) is 13.8. The Bertz CT molecular complexity index is 447. The number of anilines is 1. The van der Waals surface area contributed by atoms with Crippen LogP contribution in [0.4, 0.5) is 5.69 Å². The highest BCUT2D eigenvalue weighted by Gasteiger charge is 2.19. The Hall–Kier alpha value is -1.39. The van der Waals surface area contributed by atoms with Crippen LogP contribution in [-0.2, 0) is 4.79 Å². The summed E-state index contributed by atoms with van der Waals surface area (Å²) in [6.45, 7) is 11.2. The van der Waals surface area contributed by atoms with E-state index in [9.17, 15) is 9.90 Å². The van der Waals surface area contributed by atoms with E-state index in [1.54, 1.807) is 13.8 Å². The van der Waals surface area contributed by atoms with Crippen LogP contribution in [0.25, 0.3) is 0 Å². The van der Waals surface area contributed by atoms with E-state index in [0.29, 0.717) is 12.5 Å². The number of nitrogens with zero attached hydrogens (tertiary/aromatic N) is 1. The normalized spacial score (nSPS) is 12.0. The Balaban J connectivity index is 2.56. The fourth-order valence-corrected chi connectivity index (χ4v) is 2.18. The van der Waals surface area contributed by atoms with E-state index in [0.717, 1.165) is 12.2 Å². The Kier molecular flexibility index (Phi) is 6.37. The summed E-state index contributed by atoms with van der Waals surface area (Å²) in [6.07, 6.45) is 0. The summed E-state index contributed by atoms with van der Waals surface area (Å²) in [4.78, 5) is 14.0. The van der Waals surface area contributed by atoms with Gasteiger partial charge in [0.1, 0.15) is 0 Å². The van der Waals surface area contributed by atoms with Crippen molar-refractivity contribution in [2.24, 2.45) is 0 Å². The second-order valence-electron chi connectivity index (χ2n) is 6.44. The van der Waals surface area contributed by atoms with Crippen molar-refractivity contribution >= 4 is 11.6 Å². The third-order valence-electron chi connectivity index (χ3n) is 3.29. The van der Waals surface area contributed by atoms with Crippen molar-refractivity contribution < 1.29 is 9.90 Å². The van der Waals surface area contributed by atoms with Gasteiger partial charge in [-0.15, -0.1) is 0 Å². The van der Waals surface area contributed by atoms with Gasteiger partial charge in [0.05, 0.1) is 12.1 Å². The van der Waals surface area contributed by atoms with E-state index in [1.165, 1.54) is 5.56 Å². The van der Waals surface area contributed by atoms with Crippen LogP contribution in [0, 0.1) is 0 Å². The molecule has 0 aliphatic rings. The number of carbonyl (C=O) groups excluding carboxylic acids is 1. The standard InChI is InChI=1S/C17H28N2O2/c1-6-19(12-17(4,5)21)11-16(20)18-15-9-7-14(8-10-15)13(2)3/h7-10,13,21H,6,11-12H2,1-5H3,(H,18,20). The van der Waals surface area contributed by atoms with Crippen molar-refractivity contribution in [2.45, 2.75) is 46.1 Å². The van der Waals surface area contributed by atoms with Gasteiger partial charge in [0.25, 0.3) is 0 Å². The first-order chi connectivity index (χ1) is 9.71. The number of hydrogen-bond acceptors (Lipinski definition) is 3. The highest BCUT2D eigenvalue weighted by atomic mass is 16.3. The topological polar surface area (TPSA) is 52.6 Å². The first-order valence-corrected chi connectivity index (χ1v) is 7.56. The number of likely N-dealkylation sites (N-methyl/N-ethyl adjacent to an activating group) is 1. The lowest BCUT2D eigenvalue weighted by Gasteiger charge is -2.27. The molecule has 0 unspecified atom stereocenters. The van der Waals surface area contributed by atoms with Gasteiger partial charge in [-0.1, -0.05) is 32.9 Å². The van der Waals surface area contributed by atoms with Gasteiger partial charge < -0.3 is 10.4 Å². The highest BCUT2D eigenvalue weighted by Crippen LogP contribution is 2.17. The first kappa shape index (κ1) is 17.7. The average molecular weight is 292 g/mol. The largest absolute Gasteiger partial charge is 0.389 e. The van der Waals surface area contributed by atoms with E-state index in [4.69, 9.17) is 0 Å². The molecule has 1 amide bonds. The number of benzene rings is 1. The molecule has 0 aliphatic heterocycles. The van der Waals surface area contributed by atoms with Gasteiger partial charge in [0.15, 0.2) is 0 Å². The van der Waals surface area contributed by atoms with Gasteiger partial charge in [-0.25, -0.2) is 0 Å². The lowest BCUT2D eigenvalue weighted by molar-refractivity contribution is -0.117. The smallest absolute Gasteiger partial charge is 0.238 e. The maximum atomic E-state index is 12.1. The molecule has 0 bridgehead atoms. The lowest BCUT2D eigenvalue weighted by atomic mass is 10.0. The zero-order chi connectivity index (χ0) is 16.0. The Morgan fingerprint density at radius 2 is 1.86 bits per heavy atom. The van der Waals surface area contributed by atoms with Crippen LogP contribution in [0.1, 0.15) is 46.1 Å². The molecule has 118 valence electrons. The molecule has 0 atom stereocenters. The van der Waals surface area contributed by atoms with Gasteiger partial charge in [-0.05, 0) is 44.0 Å². The van der Waals surface area contributed by atoms with Crippen molar-refractivity contribution in [2.75, 3.05) is 25.0 Å². The highest BCUT2D eigenvalue weighted by molar-refractivity contribution is 5.92. The number of nitrogens with one attached hydrogen (secondary N) is 1. The quantitative estimate of drug-likeness (QED) is 0.812. The molecule has 1 aromatic rings. The SMILES string of the molecule is CCN(CC(=O)Nc1ccc(C(C)C)cc1)CC(C)(C)O. The fraction of sp³-hybridized carbons (Fsp3) is 0.588. The number of amides is 1. The van der Waals surface area contributed by atoms with Crippen LogP contribution < -0.4 is 5.32 Å². The van der Waals surface area contributed by atoms with Crippen molar-refractivity contribution in [3.63, 3.8) is 0 Å². The molecule has 0 heterocycles. The molecule has 0 spiro atoms. The molecular formula is C17H28N2O2. The predicted octanol–water partition coefficient (Wildman–Crippen LogP) is 2.84. The molecule has 1 rings (SSSR count). The van der Waals surface area contributed by atoms with E-state index >= 15 is 0 Å². The second kappa shape index (κ2) is 7.57. The van der Waals surface area contributed by atoms with Crippen LogP contribution >= 0.6 is 0 Å². The number of carbonyl (C=O) groups is 1. The average Bonchev–Trinajstić information content (AvgIpc) is 2.36. The number of aliphatic hydroxyl groups is 1. The lowest BCUT2D eigenvalue weighted by Crippen LogP contribution is -2.42. The van der Waals surface area contributed by atoms with Crippen molar-refractivity contribution in [3.8, 4) is 0 Å². The van der Waals surface area contributed by atoms with Crippen LogP contribution in [-0.4, -0.2) is 41.1 Å². The number of hydrogen-bond donors (Lipinski definition) is 2. The maximum Gasteiger partial charge on any atom is 0.238 e. The van der Waals surface area contributed by atoms with Crippen LogP contribution in [0.2, 0.25) is 0 Å². The molecule has 0 aliphatic carbocycles. The summed E-state index contributed by atoms with van der Waals surface area (Å²) in [7, 11) is 0. The van der Waals surface area contributed by atoms with Crippen LogP contribution in [0.15, 0.2) is 24.3 Å². The van der Waals surface area contributed by atoms with Gasteiger partial charge >= 0.3 is 0 Å². The van der Waals surface area contributed by atoms with Gasteiger partial charge in [0, 0.05) is 12.2 Å². The van der Waals surface area contributed by atoms with E-state index < -0.39 is 5.60 Å². The van der Waals surface area contributed by atoms with E-state index in [-0.39, 0.29) is 12.5 Å². The van der Waals surface area contributed by atoms with Crippen LogP contribution in [0.5, 0.6) is 0 Å². The summed E-state index contributed by atoms with van der Waals surface area (Å²) in [5.41, 5.74) is 1.27. The van der Waals surface area contributed by atoms with E-state index in [1.807, 2.05) is 36.1 Å². The fourth-order valence-electron chi connectivity index (χ4n) is 2.18. The molecule has 2 N–H and O–H groups in total. The molecule has 21 heavy (non-hydrogen) atoms. The minimum absolute atomic E-state index is 0.0570. The maximum absolute atomic E-state index is 12.1. The summed E-state index contributed by atoms with van der Waals surface area (Å²) in [5, 5.41) is 12.7. The van der Waals surface area contributed by atoms with E-state index in [2.05, 4.69) is 19.2 Å². The molecule has 0 saturated carbocycles. The predicted molar refractivity (Wildman–Crippen MR) is 87.6 cm³/mol. The summed E-state index contributed by atoms with van der Waals surface area (Å²) in [6, 6.07) is 7.93. The molecule has 0 aromatic heterocycles. The molecule has 4 heteroatoms. The van der Waals surface area contributed by atoms with Gasteiger partial charge in [-0.2, -0.15) is 0 Å². The molecule has 1 aromatic carbocycles. The van der Waals surface area contributed by atoms with Crippen molar-refractivity contribution in [1.29, 1.82) is 0 Å². The Labute approximate surface area is 128 Å². The van der Waals surface area contributed by atoms with Crippen molar-refractivity contribution in [3.05, 3.63) is 29.8 Å². The van der Waals surface area contributed by atoms with Gasteiger partial charge in [0.2, 0.25) is 5.91 Å². The summed E-state index contributed by atoms with van der Waals surface area (Å²) >= 11 is 0. The van der Waals surface area contributed by atoms with Crippen molar-refractivity contribution in [1.82, 2.24) is 4.90 Å². The Morgan fingerprint density at radius 3 is 2.29 bits per heavy atom. The molecule has 4 nitrogen and oxygen atoms in total. The molecule has 0 fully saturated rings. The zero-order valence-electron chi connectivity index (χ0n) is 13.8. The third-order valence-corrected chi connectivity index (χ3v) is 3.29. The van der Waals surface area contributed by atoms with Gasteiger partial charge in [-0.3, -0.25) is 9.69 Å². The minimum atomic E-state index is -0.796. The summed E-state index contributed by atoms with van der Waals surface area (Å²) < 4.78 is 0.